The zero-order valence-electron chi connectivity index (χ0n) is 25.4. The van der Waals surface area contributed by atoms with E-state index in [1.165, 1.54) is 12.1 Å². The number of allylic oxidation sites excluding steroid dienone is 4. The first-order chi connectivity index (χ1) is 22.6. The van der Waals surface area contributed by atoms with Gasteiger partial charge >= 0.3 is 6.02 Å². The molecule has 1 aromatic carbocycles. The Bertz CT molecular complexity index is 1840. The number of alkyl halides is 1. The first kappa shape index (κ1) is 30.9. The summed E-state index contributed by atoms with van der Waals surface area (Å²) >= 11 is 7.73. The fraction of sp³-hybridized carbons (Fsp3) is 0.485. The van der Waals surface area contributed by atoms with E-state index < -0.39 is 29.8 Å². The molecule has 4 N–H and O–H groups in total. The fourth-order valence-electron chi connectivity index (χ4n) is 7.59. The van der Waals surface area contributed by atoms with Crippen LogP contribution in [-0.2, 0) is 4.74 Å². The van der Waals surface area contributed by atoms with E-state index in [1.807, 2.05) is 11.0 Å². The molecule has 1 aromatic heterocycles. The van der Waals surface area contributed by atoms with Crippen LogP contribution in [0.15, 0.2) is 50.8 Å². The number of thiophene rings is 1. The predicted molar refractivity (Wildman–Crippen MR) is 176 cm³/mol. The van der Waals surface area contributed by atoms with Gasteiger partial charge in [0.2, 0.25) is 0 Å². The number of anilines is 1. The van der Waals surface area contributed by atoms with Crippen LogP contribution in [0.3, 0.4) is 0 Å². The third-order valence-electron chi connectivity index (χ3n) is 10.2. The molecule has 8 rings (SSSR count). The van der Waals surface area contributed by atoms with Crippen molar-refractivity contribution >= 4 is 55.5 Å². The molecule has 4 fully saturated rings. The van der Waals surface area contributed by atoms with Crippen LogP contribution in [0.1, 0.15) is 36.8 Å². The Kier molecular flexibility index (Phi) is 7.64. The van der Waals surface area contributed by atoms with Crippen LogP contribution in [0.4, 0.5) is 18.2 Å². The normalized spacial score (nSPS) is 30.0. The lowest BCUT2D eigenvalue weighted by Crippen LogP contribution is -2.55. The molecule has 0 radical (unpaired) electrons. The van der Waals surface area contributed by atoms with Crippen molar-refractivity contribution in [1.82, 2.24) is 15.1 Å². The lowest BCUT2D eigenvalue weighted by atomic mass is 9.95. The van der Waals surface area contributed by atoms with Crippen molar-refractivity contribution < 1.29 is 23.0 Å². The monoisotopic (exact) mass is 683 g/mol. The molecule has 3 saturated heterocycles. The van der Waals surface area contributed by atoms with Crippen molar-refractivity contribution in [2.24, 2.45) is 21.3 Å². The molecule has 47 heavy (non-hydrogen) atoms. The molecule has 0 spiro atoms. The number of rotatable bonds is 5. The highest BCUT2D eigenvalue weighted by atomic mass is 35.5. The Morgan fingerprint density at radius 2 is 1.94 bits per heavy atom. The molecule has 6 aliphatic rings. The van der Waals surface area contributed by atoms with Crippen LogP contribution in [0.25, 0.3) is 15.7 Å². The van der Waals surface area contributed by atoms with Gasteiger partial charge in [0.1, 0.15) is 28.9 Å². The smallest absolute Gasteiger partial charge is 0.318 e. The van der Waals surface area contributed by atoms with Crippen LogP contribution in [-0.4, -0.2) is 90.5 Å². The quantitative estimate of drug-likeness (QED) is 0.413. The lowest BCUT2D eigenvalue weighted by Gasteiger charge is -2.38. The second kappa shape index (κ2) is 11.6. The van der Waals surface area contributed by atoms with Gasteiger partial charge in [0.05, 0.1) is 39.6 Å². The van der Waals surface area contributed by atoms with E-state index in [0.717, 1.165) is 37.0 Å². The third kappa shape index (κ3) is 5.44. The Morgan fingerprint density at radius 3 is 2.62 bits per heavy atom. The van der Waals surface area contributed by atoms with Crippen molar-refractivity contribution in [3.63, 3.8) is 0 Å². The van der Waals surface area contributed by atoms with Crippen LogP contribution < -0.4 is 11.1 Å². The molecule has 4 unspecified atom stereocenters. The number of piperazine rings is 1. The molecule has 246 valence electrons. The van der Waals surface area contributed by atoms with Gasteiger partial charge < -0.3 is 25.8 Å². The number of aliphatic hydroxyl groups excluding tert-OH is 1. The summed E-state index contributed by atoms with van der Waals surface area (Å²) in [4.78, 5) is 13.6. The number of nitrogens with one attached hydrogen (secondary N) is 1. The van der Waals surface area contributed by atoms with Gasteiger partial charge in [-0.05, 0) is 43.4 Å². The van der Waals surface area contributed by atoms with Gasteiger partial charge in [-0.25, -0.2) is 13.2 Å². The van der Waals surface area contributed by atoms with Gasteiger partial charge in [0.25, 0.3) is 0 Å². The van der Waals surface area contributed by atoms with Crippen molar-refractivity contribution in [2.45, 2.75) is 50.0 Å². The maximum Gasteiger partial charge on any atom is 0.318 e. The number of likely N-dealkylation sites (tertiary alicyclic amines) is 2. The minimum atomic E-state index is -1.27. The first-order valence-corrected chi connectivity index (χ1v) is 17.1. The lowest BCUT2D eigenvalue weighted by molar-refractivity contribution is 0.113. The number of ether oxygens (including phenoxy) is 1. The maximum atomic E-state index is 17.1. The molecule has 4 aliphatic heterocycles. The summed E-state index contributed by atoms with van der Waals surface area (Å²) in [6.07, 6.45) is 4.96. The van der Waals surface area contributed by atoms with Crippen molar-refractivity contribution in [3.8, 4) is 6.07 Å². The number of hydrogen-bond acceptors (Lipinski definition) is 10. The number of halogens is 4. The summed E-state index contributed by atoms with van der Waals surface area (Å²) in [5.74, 6) is -1.36. The van der Waals surface area contributed by atoms with Crippen molar-refractivity contribution in [3.05, 3.63) is 57.8 Å². The van der Waals surface area contributed by atoms with Gasteiger partial charge in [0.15, 0.2) is 5.83 Å². The van der Waals surface area contributed by atoms with E-state index in [2.05, 4.69) is 15.2 Å². The molecular formula is C33H33ClF3N7O2S. The summed E-state index contributed by atoms with van der Waals surface area (Å²) in [5.41, 5.74) is 6.20. The number of benzene rings is 1. The van der Waals surface area contributed by atoms with E-state index in [1.54, 1.807) is 12.2 Å². The summed E-state index contributed by atoms with van der Waals surface area (Å²) in [5, 5.41) is 23.8. The molecular weight excluding hydrogens is 651 g/mol. The van der Waals surface area contributed by atoms with E-state index >= 15 is 4.39 Å². The standard InChI is InChI=1S/C33H33ClF3N7O2S/c34-21-5-3-19-28(27(37)26(21)18-4-6-22(35)29-25(18)20(9-38)30(39)47-29)41-32(42-31(19)44-10-16-1-2-17(11-44)40-16)46-15-33(7-8-33)14-43-12-23(36)24(45)13-43/h3-6,16-17,19,23-24,40,45H,1-2,7-8,10-15,39H2/t16?,17?,19?,23?,24-/m1/s1. The summed E-state index contributed by atoms with van der Waals surface area (Å²) in [6, 6.07) is 5.28. The van der Waals surface area contributed by atoms with E-state index in [0.29, 0.717) is 25.5 Å². The minimum Gasteiger partial charge on any atom is -0.463 e. The highest BCUT2D eigenvalue weighted by Gasteiger charge is 2.48. The molecule has 1 saturated carbocycles. The second-order valence-corrected chi connectivity index (χ2v) is 14.9. The highest BCUT2D eigenvalue weighted by Crippen LogP contribution is 2.48. The molecule has 14 heteroatoms. The van der Waals surface area contributed by atoms with Gasteiger partial charge in [-0.2, -0.15) is 15.2 Å². The predicted octanol–water partition coefficient (Wildman–Crippen LogP) is 4.83. The number of nitrogens with two attached hydrogens (primary N) is 1. The highest BCUT2D eigenvalue weighted by molar-refractivity contribution is 7.23. The minimum absolute atomic E-state index is 0.0172. The van der Waals surface area contributed by atoms with Gasteiger partial charge in [-0.3, -0.25) is 4.90 Å². The maximum absolute atomic E-state index is 17.1. The van der Waals surface area contributed by atoms with E-state index in [-0.39, 0.29) is 85.7 Å². The number of hydrogen-bond donors (Lipinski definition) is 3. The zero-order chi connectivity index (χ0) is 32.6. The molecule has 2 bridgehead atoms. The number of fused-ring (bicyclic) bond motifs is 4. The number of nitriles is 1. The van der Waals surface area contributed by atoms with Crippen LogP contribution >= 0.6 is 22.9 Å². The van der Waals surface area contributed by atoms with Crippen molar-refractivity contribution in [1.29, 1.82) is 5.26 Å². The molecule has 2 aromatic rings. The Hall–Kier alpha value is -3.41. The summed E-state index contributed by atoms with van der Waals surface area (Å²) in [7, 11) is 0. The summed E-state index contributed by atoms with van der Waals surface area (Å²) in [6.45, 7) is 2.68. The van der Waals surface area contributed by atoms with Crippen LogP contribution in [0.5, 0.6) is 0 Å². The molecule has 0 amide bonds. The molecule has 5 heterocycles. The van der Waals surface area contributed by atoms with Gasteiger partial charge in [-0.15, -0.1) is 11.3 Å². The Balaban J connectivity index is 1.18. The molecule has 5 atom stereocenters. The van der Waals surface area contributed by atoms with E-state index in [9.17, 15) is 19.1 Å². The topological polar surface area (TPSA) is 122 Å². The second-order valence-electron chi connectivity index (χ2n) is 13.5. The van der Waals surface area contributed by atoms with Crippen LogP contribution in [0.2, 0.25) is 0 Å². The number of nitrogen functional groups attached to an aromatic ring is 1. The number of amidine groups is 2. The number of aliphatic hydroxyl groups is 1. The average Bonchev–Trinajstić information content (AvgIpc) is 3.50. The Labute approximate surface area is 278 Å². The average molecular weight is 684 g/mol. The SMILES string of the molecule is N#Cc1c(N)sc2c(F)ccc(C3=C(Cl)C=CC4C(N5CC6CCC(C5)N6)=NC(OCC5(CN6CC(F)[C@H](O)C6)CC5)=NC4=C3F)c12. The number of aliphatic imine (C=N–C) groups is 2. The number of nitrogens with zero attached hydrogens (tertiary/aromatic N) is 5. The first-order valence-electron chi connectivity index (χ1n) is 15.9. The Morgan fingerprint density at radius 1 is 1.17 bits per heavy atom. The number of β-amino-alcohol motifs (C(OH)–C–C–N with tert-alkyl or cyclic N) is 1. The largest absolute Gasteiger partial charge is 0.463 e. The third-order valence-corrected chi connectivity index (χ3v) is 11.5. The summed E-state index contributed by atoms with van der Waals surface area (Å²) < 4.78 is 52.5. The fourth-order valence-corrected chi connectivity index (χ4v) is 8.79. The zero-order valence-corrected chi connectivity index (χ0v) is 26.9. The molecule has 2 aliphatic carbocycles. The molecule has 9 nitrogen and oxygen atoms in total. The van der Waals surface area contributed by atoms with Crippen molar-refractivity contribution in [2.75, 3.05) is 45.1 Å². The van der Waals surface area contributed by atoms with E-state index in [4.69, 9.17) is 27.1 Å². The van der Waals surface area contributed by atoms with Crippen LogP contribution in [0, 0.1) is 28.5 Å². The van der Waals surface area contributed by atoms with Gasteiger partial charge in [0, 0.05) is 61.2 Å². The van der Waals surface area contributed by atoms with Gasteiger partial charge in [-0.1, -0.05) is 23.7 Å².